The molecule has 0 radical (unpaired) electrons. The van der Waals surface area contributed by atoms with Gasteiger partial charge >= 0.3 is 0 Å². The third kappa shape index (κ3) is 4.06. The molecule has 0 fully saturated rings. The van der Waals surface area contributed by atoms with Crippen LogP contribution >= 0.6 is 11.3 Å². The fourth-order valence-electron chi connectivity index (χ4n) is 4.30. The molecule has 4 rings (SSSR count). The van der Waals surface area contributed by atoms with Gasteiger partial charge in [0.1, 0.15) is 10.9 Å². The van der Waals surface area contributed by atoms with Crippen LogP contribution in [-0.4, -0.2) is 16.0 Å². The molecule has 2 heterocycles. The number of quaternary nitrogens is 1. The van der Waals surface area contributed by atoms with E-state index in [-0.39, 0.29) is 11.6 Å². The van der Waals surface area contributed by atoms with Crippen LogP contribution in [0.2, 0.25) is 0 Å². The van der Waals surface area contributed by atoms with Crippen LogP contribution in [0.15, 0.2) is 35.1 Å². The zero-order valence-corrected chi connectivity index (χ0v) is 17.8. The van der Waals surface area contributed by atoms with Gasteiger partial charge in [-0.2, -0.15) is 0 Å². The van der Waals surface area contributed by atoms with E-state index in [1.807, 2.05) is 0 Å². The first kappa shape index (κ1) is 19.3. The van der Waals surface area contributed by atoms with E-state index in [1.54, 1.807) is 11.3 Å². The second-order valence-electron chi connectivity index (χ2n) is 8.47. The number of thiophene rings is 1. The standard InChI is InChI=1S/C23H29N3OS/c1-14-9-12-18-19(13-14)28-23-20(18)22(27)25-21(26-23)16(3)24-15(2)10-11-17-7-5-4-6-8-17/h4-8,14-16,24H,9-13H2,1-3H3,(H,25,26,27)/p+1/t14-,15+,16-/m1/s1. The van der Waals surface area contributed by atoms with E-state index in [9.17, 15) is 4.79 Å². The minimum absolute atomic E-state index is 0.0456. The summed E-state index contributed by atoms with van der Waals surface area (Å²) in [5, 5.41) is 3.17. The second kappa shape index (κ2) is 8.18. The van der Waals surface area contributed by atoms with Gasteiger partial charge in [0.15, 0.2) is 5.82 Å². The van der Waals surface area contributed by atoms with Crippen molar-refractivity contribution in [3.05, 3.63) is 62.5 Å². The van der Waals surface area contributed by atoms with E-state index >= 15 is 0 Å². The van der Waals surface area contributed by atoms with E-state index in [0.29, 0.717) is 12.0 Å². The van der Waals surface area contributed by atoms with Gasteiger partial charge in [-0.3, -0.25) is 4.79 Å². The van der Waals surface area contributed by atoms with Crippen LogP contribution in [-0.2, 0) is 19.3 Å². The Morgan fingerprint density at radius 2 is 2.07 bits per heavy atom. The number of H-pyrrole nitrogens is 1. The number of nitrogens with two attached hydrogens (primary N) is 1. The van der Waals surface area contributed by atoms with Crippen LogP contribution in [0.3, 0.4) is 0 Å². The van der Waals surface area contributed by atoms with Crippen molar-refractivity contribution in [3.8, 4) is 0 Å². The topological polar surface area (TPSA) is 62.4 Å². The van der Waals surface area contributed by atoms with Gasteiger partial charge in [-0.25, -0.2) is 4.98 Å². The molecule has 148 valence electrons. The lowest BCUT2D eigenvalue weighted by Crippen LogP contribution is -2.89. The first-order chi connectivity index (χ1) is 13.5. The summed E-state index contributed by atoms with van der Waals surface area (Å²) in [7, 11) is 0. The smallest absolute Gasteiger partial charge is 0.260 e. The number of fused-ring (bicyclic) bond motifs is 3. The average molecular weight is 397 g/mol. The van der Waals surface area contributed by atoms with Gasteiger partial charge in [-0.1, -0.05) is 37.3 Å². The summed E-state index contributed by atoms with van der Waals surface area (Å²) in [6, 6.07) is 11.2. The van der Waals surface area contributed by atoms with E-state index in [1.165, 1.54) is 22.4 Å². The Balaban J connectivity index is 1.48. The van der Waals surface area contributed by atoms with Crippen LogP contribution in [0, 0.1) is 5.92 Å². The highest BCUT2D eigenvalue weighted by Crippen LogP contribution is 2.35. The van der Waals surface area contributed by atoms with Crippen molar-refractivity contribution in [3.63, 3.8) is 0 Å². The molecular weight excluding hydrogens is 366 g/mol. The van der Waals surface area contributed by atoms with Crippen LogP contribution in [0.4, 0.5) is 0 Å². The molecule has 2 aromatic heterocycles. The summed E-state index contributed by atoms with van der Waals surface area (Å²) in [6.07, 6.45) is 5.45. The van der Waals surface area contributed by atoms with E-state index in [0.717, 1.165) is 41.7 Å². The van der Waals surface area contributed by atoms with Crippen molar-refractivity contribution in [1.82, 2.24) is 9.97 Å². The van der Waals surface area contributed by atoms with E-state index < -0.39 is 0 Å². The Labute approximate surface area is 170 Å². The molecule has 0 saturated carbocycles. The molecule has 3 N–H and O–H groups in total. The predicted octanol–water partition coefficient (Wildman–Crippen LogP) is 3.76. The third-order valence-electron chi connectivity index (χ3n) is 5.96. The molecule has 0 aliphatic heterocycles. The first-order valence-electron chi connectivity index (χ1n) is 10.4. The molecule has 28 heavy (non-hydrogen) atoms. The summed E-state index contributed by atoms with van der Waals surface area (Å²) in [5.74, 6) is 1.51. The van der Waals surface area contributed by atoms with Crippen LogP contribution in [0.5, 0.6) is 0 Å². The number of nitrogens with one attached hydrogen (secondary N) is 1. The predicted molar refractivity (Wildman–Crippen MR) is 116 cm³/mol. The molecule has 0 bridgehead atoms. The number of aromatic nitrogens is 2. The van der Waals surface area contributed by atoms with Gasteiger partial charge in [-0.15, -0.1) is 11.3 Å². The van der Waals surface area contributed by atoms with Crippen molar-refractivity contribution in [2.75, 3.05) is 0 Å². The quantitative estimate of drug-likeness (QED) is 0.666. The molecule has 1 aliphatic carbocycles. The summed E-state index contributed by atoms with van der Waals surface area (Å²) < 4.78 is 0. The number of aryl methyl sites for hydroxylation is 2. The summed E-state index contributed by atoms with van der Waals surface area (Å²) >= 11 is 1.73. The highest BCUT2D eigenvalue weighted by molar-refractivity contribution is 7.18. The summed E-state index contributed by atoms with van der Waals surface area (Å²) in [5.41, 5.74) is 2.68. The van der Waals surface area contributed by atoms with Crippen LogP contribution in [0.25, 0.3) is 10.2 Å². The zero-order chi connectivity index (χ0) is 19.7. The van der Waals surface area contributed by atoms with Gasteiger partial charge in [0, 0.05) is 11.3 Å². The molecule has 0 unspecified atom stereocenters. The Kier molecular flexibility index (Phi) is 5.65. The SMILES string of the molecule is C[C@@H]1CCc2c(sc3nc([C@@H](C)[NH2+][C@@H](C)CCc4ccccc4)[nH]c(=O)c23)C1. The van der Waals surface area contributed by atoms with Crippen molar-refractivity contribution in [2.24, 2.45) is 5.92 Å². The molecule has 0 amide bonds. The molecule has 1 aliphatic rings. The minimum atomic E-state index is 0.0456. The van der Waals surface area contributed by atoms with Gasteiger partial charge < -0.3 is 10.3 Å². The van der Waals surface area contributed by atoms with Crippen molar-refractivity contribution in [2.45, 2.75) is 65.0 Å². The van der Waals surface area contributed by atoms with Gasteiger partial charge in [-0.05, 0) is 56.6 Å². The van der Waals surface area contributed by atoms with Crippen molar-refractivity contribution >= 4 is 21.6 Å². The lowest BCUT2D eigenvalue weighted by molar-refractivity contribution is -0.723. The lowest BCUT2D eigenvalue weighted by Gasteiger charge is -2.17. The molecule has 5 heteroatoms. The largest absolute Gasteiger partial charge is 0.336 e. The van der Waals surface area contributed by atoms with Crippen LogP contribution in [0.1, 0.15) is 61.5 Å². The Bertz CT molecular complexity index is 1010. The molecule has 3 aromatic rings. The Morgan fingerprint density at radius 3 is 2.86 bits per heavy atom. The lowest BCUT2D eigenvalue weighted by atomic mass is 9.89. The van der Waals surface area contributed by atoms with Gasteiger partial charge in [0.25, 0.3) is 5.56 Å². The normalized spacial score (nSPS) is 18.8. The maximum absolute atomic E-state index is 12.8. The summed E-state index contributed by atoms with van der Waals surface area (Å²) in [4.78, 5) is 23.1. The number of nitrogens with zero attached hydrogens (tertiary/aromatic N) is 1. The molecule has 1 aromatic carbocycles. The number of rotatable bonds is 6. The molecule has 4 nitrogen and oxygen atoms in total. The van der Waals surface area contributed by atoms with Crippen molar-refractivity contribution in [1.29, 1.82) is 0 Å². The number of benzene rings is 1. The van der Waals surface area contributed by atoms with Crippen molar-refractivity contribution < 1.29 is 5.32 Å². The molecule has 0 saturated heterocycles. The Morgan fingerprint density at radius 1 is 1.29 bits per heavy atom. The van der Waals surface area contributed by atoms with Crippen LogP contribution < -0.4 is 10.9 Å². The first-order valence-corrected chi connectivity index (χ1v) is 11.3. The van der Waals surface area contributed by atoms with E-state index in [4.69, 9.17) is 4.98 Å². The highest BCUT2D eigenvalue weighted by atomic mass is 32.1. The maximum Gasteiger partial charge on any atom is 0.260 e. The Hall–Kier alpha value is -1.98. The van der Waals surface area contributed by atoms with E-state index in [2.05, 4.69) is 61.4 Å². The number of hydrogen-bond acceptors (Lipinski definition) is 3. The average Bonchev–Trinajstić information content (AvgIpc) is 3.05. The highest BCUT2D eigenvalue weighted by Gasteiger charge is 2.24. The monoisotopic (exact) mass is 396 g/mol. The second-order valence-corrected chi connectivity index (χ2v) is 9.55. The summed E-state index contributed by atoms with van der Waals surface area (Å²) in [6.45, 7) is 6.68. The molecule has 3 atom stereocenters. The zero-order valence-electron chi connectivity index (χ0n) is 17.0. The number of hydrogen-bond donors (Lipinski definition) is 2. The fraction of sp³-hybridized carbons (Fsp3) is 0.478. The fourth-order valence-corrected chi connectivity index (χ4v) is 5.69. The van der Waals surface area contributed by atoms with Gasteiger partial charge in [0.05, 0.1) is 11.4 Å². The minimum Gasteiger partial charge on any atom is -0.336 e. The molecular formula is C23H30N3OS+. The van der Waals surface area contributed by atoms with Gasteiger partial charge in [0.2, 0.25) is 0 Å². The number of aromatic amines is 1. The molecule has 0 spiro atoms. The maximum atomic E-state index is 12.8. The third-order valence-corrected chi connectivity index (χ3v) is 7.11.